The molecule has 0 saturated carbocycles. The highest BCUT2D eigenvalue weighted by atomic mass is 16.6. The maximum atomic E-state index is 13.8. The normalized spacial score (nSPS) is 21.3. The number of nitrogens with one attached hydrogen (secondary N) is 2. The summed E-state index contributed by atoms with van der Waals surface area (Å²) in [5.74, 6) is -0.143. The van der Waals surface area contributed by atoms with Gasteiger partial charge in [-0.05, 0) is 74.5 Å². The Kier molecular flexibility index (Phi) is 9.51. The van der Waals surface area contributed by atoms with E-state index in [0.717, 1.165) is 62.3 Å². The van der Waals surface area contributed by atoms with E-state index < -0.39 is 12.2 Å². The molecule has 0 spiro atoms. The molecular formula is C33H47N7O4. The van der Waals surface area contributed by atoms with E-state index in [2.05, 4.69) is 15.5 Å². The first kappa shape index (κ1) is 30.2. The number of para-hydroxylation sites is 1. The zero-order chi connectivity index (χ0) is 30.5. The summed E-state index contributed by atoms with van der Waals surface area (Å²) in [5.41, 5.74) is 9.43. The van der Waals surface area contributed by atoms with Crippen molar-refractivity contribution in [2.24, 2.45) is 0 Å². The molecule has 0 radical (unpaired) electrons. The quantitative estimate of drug-likeness (QED) is 0.433. The second-order valence-electron chi connectivity index (χ2n) is 12.4. The van der Waals surface area contributed by atoms with Gasteiger partial charge in [0.2, 0.25) is 0 Å². The van der Waals surface area contributed by atoms with Crippen molar-refractivity contribution in [3.8, 4) is 0 Å². The van der Waals surface area contributed by atoms with Crippen LogP contribution in [0.25, 0.3) is 0 Å². The number of carbonyl (C=O) groups excluding carboxylic acids is 3. The molecule has 6 rings (SSSR count). The smallest absolute Gasteiger partial charge is 0.410 e. The molecule has 0 bridgehead atoms. The number of anilines is 2. The number of piperidine rings is 2. The van der Waals surface area contributed by atoms with Crippen LogP contribution in [0.5, 0.6) is 0 Å². The average molecular weight is 606 g/mol. The molecule has 4 aliphatic rings. The lowest BCUT2D eigenvalue weighted by Gasteiger charge is -2.41. The number of benzene rings is 2. The fraction of sp³-hybridized carbons (Fsp3) is 0.545. The van der Waals surface area contributed by atoms with Crippen molar-refractivity contribution < 1.29 is 20.5 Å². The number of likely N-dealkylation sites (tertiary alicyclic amines) is 1. The molecule has 0 unspecified atom stereocenters. The summed E-state index contributed by atoms with van der Waals surface area (Å²) >= 11 is 0. The monoisotopic (exact) mass is 605 g/mol. The first-order valence-corrected chi connectivity index (χ1v) is 16.1. The summed E-state index contributed by atoms with van der Waals surface area (Å²) in [7, 11) is 0. The Labute approximate surface area is 261 Å². The van der Waals surface area contributed by atoms with E-state index >= 15 is 0 Å². The first-order valence-electron chi connectivity index (χ1n) is 16.1. The van der Waals surface area contributed by atoms with Gasteiger partial charge in [0, 0.05) is 77.1 Å². The molecule has 0 aliphatic carbocycles. The summed E-state index contributed by atoms with van der Waals surface area (Å²) in [6.45, 7) is 6.60. The Hall–Kier alpha value is -3.83. The molecule has 3 fully saturated rings. The Morgan fingerprint density at radius 1 is 0.864 bits per heavy atom. The van der Waals surface area contributed by atoms with Crippen LogP contribution in [-0.4, -0.2) is 115 Å². The highest BCUT2D eigenvalue weighted by molar-refractivity contribution is 5.91. The molecule has 4 amide bonds. The molecule has 11 nitrogen and oxygen atoms in total. The number of nitrogens with zero attached hydrogens (tertiary/aromatic N) is 4. The van der Waals surface area contributed by atoms with Gasteiger partial charge in [0.15, 0.2) is 6.10 Å². The van der Waals surface area contributed by atoms with E-state index in [4.69, 9.17) is 10.5 Å². The minimum absolute atomic E-state index is 0. The van der Waals surface area contributed by atoms with E-state index in [1.54, 1.807) is 17.0 Å². The standard InChI is InChI=1S/C33H45N7O4.H2/c34-26-7-5-24(6-8-26)23-30(31(41)38-21-19-37(20-22-38)27-9-14-35-15-10-27)44-33(43)39-16-12-28(13-17-39)40-18-11-25-3-1-2-4-29(25)36-32(40)42;/h1-8,27-28,30,35H,9-23,34H2,(H,36,42);1H/t30-;/m1./s1. The molecule has 2 aromatic rings. The van der Waals surface area contributed by atoms with E-state index in [9.17, 15) is 14.4 Å². The summed E-state index contributed by atoms with van der Waals surface area (Å²) in [5, 5.41) is 6.47. The molecule has 0 aromatic heterocycles. The van der Waals surface area contributed by atoms with Crippen molar-refractivity contribution >= 4 is 29.4 Å². The lowest BCUT2D eigenvalue weighted by molar-refractivity contribution is -0.143. The zero-order valence-electron chi connectivity index (χ0n) is 25.5. The lowest BCUT2D eigenvalue weighted by Crippen LogP contribution is -2.56. The third-order valence-electron chi connectivity index (χ3n) is 9.68. The van der Waals surface area contributed by atoms with Crippen LogP contribution in [0, 0.1) is 0 Å². The van der Waals surface area contributed by atoms with Crippen LogP contribution in [0.1, 0.15) is 38.2 Å². The number of amides is 4. The van der Waals surface area contributed by atoms with Gasteiger partial charge >= 0.3 is 12.1 Å². The Morgan fingerprint density at radius 3 is 2.30 bits per heavy atom. The Morgan fingerprint density at radius 2 is 1.57 bits per heavy atom. The van der Waals surface area contributed by atoms with Crippen LogP contribution >= 0.6 is 0 Å². The highest BCUT2D eigenvalue weighted by Gasteiger charge is 2.36. The number of fused-ring (bicyclic) bond motifs is 1. The van der Waals surface area contributed by atoms with Gasteiger partial charge in [0.05, 0.1) is 0 Å². The molecule has 4 heterocycles. The predicted octanol–water partition coefficient (Wildman–Crippen LogP) is 3.01. The molecular weight excluding hydrogens is 558 g/mol. The van der Waals surface area contributed by atoms with Crippen molar-refractivity contribution in [1.82, 2.24) is 24.9 Å². The first-order chi connectivity index (χ1) is 21.4. The van der Waals surface area contributed by atoms with Crippen LogP contribution in [-0.2, 0) is 22.4 Å². The van der Waals surface area contributed by atoms with Crippen LogP contribution < -0.4 is 16.4 Å². The van der Waals surface area contributed by atoms with Gasteiger partial charge < -0.3 is 35.8 Å². The van der Waals surface area contributed by atoms with Gasteiger partial charge in [-0.3, -0.25) is 9.69 Å². The summed E-state index contributed by atoms with van der Waals surface area (Å²) in [6.07, 6.45) is 3.29. The Balaban J connectivity index is 0.00000400. The molecule has 238 valence electrons. The number of piperazine rings is 1. The fourth-order valence-electron chi connectivity index (χ4n) is 7.02. The minimum Gasteiger partial charge on any atom is -0.436 e. The number of ether oxygens (including phenoxy) is 1. The molecule has 4 aliphatic heterocycles. The van der Waals surface area contributed by atoms with Crippen LogP contribution in [0.4, 0.5) is 21.0 Å². The molecule has 2 aromatic carbocycles. The van der Waals surface area contributed by atoms with E-state index in [1.807, 2.05) is 46.2 Å². The van der Waals surface area contributed by atoms with Gasteiger partial charge in [-0.15, -0.1) is 0 Å². The number of nitrogens with two attached hydrogens (primary N) is 1. The third kappa shape index (κ3) is 7.10. The van der Waals surface area contributed by atoms with Crippen molar-refractivity contribution in [1.29, 1.82) is 0 Å². The maximum absolute atomic E-state index is 13.8. The topological polar surface area (TPSA) is 123 Å². The largest absolute Gasteiger partial charge is 0.436 e. The second-order valence-corrected chi connectivity index (χ2v) is 12.4. The highest BCUT2D eigenvalue weighted by Crippen LogP contribution is 2.25. The van der Waals surface area contributed by atoms with Crippen molar-refractivity contribution in [3.05, 3.63) is 59.7 Å². The average Bonchev–Trinajstić information content (AvgIpc) is 3.23. The van der Waals surface area contributed by atoms with Gasteiger partial charge in [-0.25, -0.2) is 9.59 Å². The summed E-state index contributed by atoms with van der Waals surface area (Å²) in [4.78, 5) is 48.2. The van der Waals surface area contributed by atoms with E-state index in [-0.39, 0.29) is 19.4 Å². The summed E-state index contributed by atoms with van der Waals surface area (Å²) in [6, 6.07) is 15.8. The van der Waals surface area contributed by atoms with Crippen molar-refractivity contribution in [2.45, 2.75) is 56.7 Å². The molecule has 44 heavy (non-hydrogen) atoms. The van der Waals surface area contributed by atoms with Crippen molar-refractivity contribution in [3.63, 3.8) is 0 Å². The Bertz CT molecular complexity index is 1310. The number of nitrogen functional groups attached to an aromatic ring is 1. The van der Waals surface area contributed by atoms with Gasteiger partial charge in [0.1, 0.15) is 0 Å². The molecule has 3 saturated heterocycles. The lowest BCUT2D eigenvalue weighted by atomic mass is 10.0. The number of hydrogen-bond donors (Lipinski definition) is 3. The summed E-state index contributed by atoms with van der Waals surface area (Å²) < 4.78 is 6.00. The molecule has 4 N–H and O–H groups in total. The second kappa shape index (κ2) is 13.9. The third-order valence-corrected chi connectivity index (χ3v) is 9.68. The predicted molar refractivity (Wildman–Crippen MR) is 171 cm³/mol. The van der Waals surface area contributed by atoms with Gasteiger partial charge in [-0.1, -0.05) is 30.3 Å². The minimum atomic E-state index is -0.913. The van der Waals surface area contributed by atoms with Gasteiger partial charge in [-0.2, -0.15) is 0 Å². The van der Waals surface area contributed by atoms with Crippen LogP contribution in [0.2, 0.25) is 0 Å². The van der Waals surface area contributed by atoms with Crippen LogP contribution in [0.15, 0.2) is 48.5 Å². The zero-order valence-corrected chi connectivity index (χ0v) is 25.5. The van der Waals surface area contributed by atoms with E-state index in [0.29, 0.717) is 63.7 Å². The van der Waals surface area contributed by atoms with E-state index in [1.165, 1.54) is 0 Å². The molecule has 11 heteroatoms. The maximum Gasteiger partial charge on any atom is 0.410 e. The SMILES string of the molecule is Nc1ccc(C[C@@H](OC(=O)N2CCC(N3CCc4ccccc4NC3=O)CC2)C(=O)N2CCN(C3CCNCC3)CC2)cc1.[HH]. The molecule has 1 atom stereocenters. The number of hydrogen-bond acceptors (Lipinski definition) is 7. The number of urea groups is 1. The number of rotatable bonds is 6. The van der Waals surface area contributed by atoms with Crippen molar-refractivity contribution in [2.75, 3.05) is 70.0 Å². The van der Waals surface area contributed by atoms with Crippen LogP contribution in [0.3, 0.4) is 0 Å². The number of carbonyl (C=O) groups is 3. The fourth-order valence-corrected chi connectivity index (χ4v) is 7.02. The van der Waals surface area contributed by atoms with Gasteiger partial charge in [0.25, 0.3) is 5.91 Å².